The van der Waals surface area contributed by atoms with Gasteiger partial charge in [0.1, 0.15) is 0 Å². The van der Waals surface area contributed by atoms with Crippen LogP contribution in [0.4, 0.5) is 0 Å². The van der Waals surface area contributed by atoms with E-state index in [1.54, 1.807) is 0 Å². The van der Waals surface area contributed by atoms with Gasteiger partial charge in [-0.05, 0) is 45.3 Å². The SMILES string of the molecule is CC1CN(C)CCC1NS(=O)(=O)CC1CCCN1. The fourth-order valence-electron chi connectivity index (χ4n) is 2.97. The van der Waals surface area contributed by atoms with Crippen molar-refractivity contribution in [3.05, 3.63) is 0 Å². The molecule has 0 radical (unpaired) electrons. The number of hydrogen-bond acceptors (Lipinski definition) is 4. The lowest BCUT2D eigenvalue weighted by Crippen LogP contribution is -2.50. The van der Waals surface area contributed by atoms with Gasteiger partial charge in [-0.25, -0.2) is 13.1 Å². The molecule has 106 valence electrons. The van der Waals surface area contributed by atoms with Crippen LogP contribution in [0.5, 0.6) is 0 Å². The van der Waals surface area contributed by atoms with Crippen LogP contribution in [0.3, 0.4) is 0 Å². The van der Waals surface area contributed by atoms with Crippen LogP contribution in [-0.2, 0) is 10.0 Å². The van der Waals surface area contributed by atoms with Crippen LogP contribution >= 0.6 is 0 Å². The number of piperidine rings is 1. The third-order valence-electron chi connectivity index (χ3n) is 4.02. The van der Waals surface area contributed by atoms with Gasteiger partial charge in [-0.1, -0.05) is 6.92 Å². The van der Waals surface area contributed by atoms with Crippen LogP contribution in [-0.4, -0.2) is 57.8 Å². The number of sulfonamides is 1. The van der Waals surface area contributed by atoms with Crippen molar-refractivity contribution < 1.29 is 8.42 Å². The summed E-state index contributed by atoms with van der Waals surface area (Å²) in [5, 5.41) is 3.24. The maximum absolute atomic E-state index is 12.1. The van der Waals surface area contributed by atoms with Crippen LogP contribution < -0.4 is 10.0 Å². The number of rotatable bonds is 4. The van der Waals surface area contributed by atoms with Crippen LogP contribution in [0.2, 0.25) is 0 Å². The Hall–Kier alpha value is -0.170. The molecule has 5 nitrogen and oxygen atoms in total. The van der Waals surface area contributed by atoms with Gasteiger partial charge in [0.05, 0.1) is 5.75 Å². The predicted octanol–water partition coefficient (Wildman–Crippen LogP) is -0.00200. The molecule has 2 saturated heterocycles. The molecule has 0 aliphatic carbocycles. The van der Waals surface area contributed by atoms with Gasteiger partial charge in [0.25, 0.3) is 0 Å². The smallest absolute Gasteiger partial charge is 0.213 e. The standard InChI is InChI=1S/C12H25N3O2S/c1-10-8-15(2)7-5-12(10)14-18(16,17)9-11-4-3-6-13-11/h10-14H,3-9H2,1-2H3. The highest BCUT2D eigenvalue weighted by molar-refractivity contribution is 7.89. The number of likely N-dealkylation sites (tertiary alicyclic amines) is 1. The Balaban J connectivity index is 1.87. The Labute approximate surface area is 110 Å². The minimum Gasteiger partial charge on any atom is -0.313 e. The summed E-state index contributed by atoms with van der Waals surface area (Å²) in [5.41, 5.74) is 0. The van der Waals surface area contributed by atoms with Crippen molar-refractivity contribution in [1.82, 2.24) is 14.9 Å². The van der Waals surface area contributed by atoms with E-state index in [1.165, 1.54) is 0 Å². The number of nitrogens with one attached hydrogen (secondary N) is 2. The first-order chi connectivity index (χ1) is 8.46. The normalized spacial score (nSPS) is 34.9. The fraction of sp³-hybridized carbons (Fsp3) is 1.00. The van der Waals surface area contributed by atoms with E-state index >= 15 is 0 Å². The Morgan fingerprint density at radius 2 is 2.17 bits per heavy atom. The van der Waals surface area contributed by atoms with E-state index < -0.39 is 10.0 Å². The van der Waals surface area contributed by atoms with Gasteiger partial charge in [0.2, 0.25) is 10.0 Å². The van der Waals surface area contributed by atoms with Gasteiger partial charge in [0.15, 0.2) is 0 Å². The van der Waals surface area contributed by atoms with E-state index in [-0.39, 0.29) is 17.8 Å². The van der Waals surface area contributed by atoms with Gasteiger partial charge in [-0.2, -0.15) is 0 Å². The van der Waals surface area contributed by atoms with Crippen molar-refractivity contribution >= 4 is 10.0 Å². The molecule has 18 heavy (non-hydrogen) atoms. The summed E-state index contributed by atoms with van der Waals surface area (Å²) in [6, 6.07) is 0.247. The third kappa shape index (κ3) is 3.91. The first-order valence-corrected chi connectivity index (χ1v) is 8.53. The van der Waals surface area contributed by atoms with Gasteiger partial charge >= 0.3 is 0 Å². The van der Waals surface area contributed by atoms with Crippen molar-refractivity contribution in [3.63, 3.8) is 0 Å². The topological polar surface area (TPSA) is 61.4 Å². The van der Waals surface area contributed by atoms with Crippen LogP contribution in [0, 0.1) is 5.92 Å². The number of nitrogens with zero attached hydrogens (tertiary/aromatic N) is 1. The van der Waals surface area contributed by atoms with Crippen LogP contribution in [0.1, 0.15) is 26.2 Å². The van der Waals surface area contributed by atoms with Crippen LogP contribution in [0.15, 0.2) is 0 Å². The zero-order chi connectivity index (χ0) is 13.2. The minimum atomic E-state index is -3.15. The average molecular weight is 275 g/mol. The van der Waals surface area contributed by atoms with Crippen molar-refractivity contribution in [1.29, 1.82) is 0 Å². The molecule has 2 aliphatic rings. The Bertz CT molecular complexity index is 366. The molecule has 3 atom stereocenters. The second kappa shape index (κ2) is 5.86. The largest absolute Gasteiger partial charge is 0.313 e. The molecule has 0 saturated carbocycles. The van der Waals surface area contributed by atoms with E-state index in [2.05, 4.69) is 28.9 Å². The molecule has 2 rings (SSSR count). The van der Waals surface area contributed by atoms with E-state index in [9.17, 15) is 8.42 Å². The van der Waals surface area contributed by atoms with E-state index in [0.29, 0.717) is 5.92 Å². The first kappa shape index (κ1) is 14.2. The Morgan fingerprint density at radius 3 is 2.78 bits per heavy atom. The van der Waals surface area contributed by atoms with E-state index in [0.717, 1.165) is 38.9 Å². The molecule has 3 unspecified atom stereocenters. The summed E-state index contributed by atoms with van der Waals surface area (Å²) < 4.78 is 27.1. The second-order valence-corrected chi connectivity index (χ2v) is 7.63. The lowest BCUT2D eigenvalue weighted by molar-refractivity contribution is 0.188. The minimum absolute atomic E-state index is 0.104. The lowest BCUT2D eigenvalue weighted by Gasteiger charge is -2.35. The zero-order valence-corrected chi connectivity index (χ0v) is 12.2. The summed E-state index contributed by atoms with van der Waals surface area (Å²) in [7, 11) is -1.06. The molecular weight excluding hydrogens is 250 g/mol. The van der Waals surface area contributed by atoms with Crippen molar-refractivity contribution in [3.8, 4) is 0 Å². The molecule has 2 heterocycles. The van der Waals surface area contributed by atoms with Crippen LogP contribution in [0.25, 0.3) is 0 Å². The highest BCUT2D eigenvalue weighted by Gasteiger charge is 2.29. The first-order valence-electron chi connectivity index (χ1n) is 6.88. The summed E-state index contributed by atoms with van der Waals surface area (Å²) in [5.74, 6) is 0.613. The van der Waals surface area contributed by atoms with Crippen molar-refractivity contribution in [2.24, 2.45) is 5.92 Å². The Kier molecular flexibility index (Phi) is 4.64. The Morgan fingerprint density at radius 1 is 1.39 bits per heavy atom. The second-order valence-electron chi connectivity index (χ2n) is 5.83. The summed E-state index contributed by atoms with van der Waals surface area (Å²) in [4.78, 5) is 2.26. The monoisotopic (exact) mass is 275 g/mol. The predicted molar refractivity (Wildman–Crippen MR) is 73.0 cm³/mol. The van der Waals surface area contributed by atoms with E-state index in [1.807, 2.05) is 0 Å². The third-order valence-corrected chi connectivity index (χ3v) is 5.53. The highest BCUT2D eigenvalue weighted by atomic mass is 32.2. The van der Waals surface area contributed by atoms with Gasteiger partial charge < -0.3 is 10.2 Å². The molecule has 0 aromatic carbocycles. The molecule has 2 fully saturated rings. The molecule has 2 N–H and O–H groups in total. The quantitative estimate of drug-likeness (QED) is 0.758. The zero-order valence-electron chi connectivity index (χ0n) is 11.4. The molecule has 0 bridgehead atoms. The lowest BCUT2D eigenvalue weighted by atomic mass is 9.95. The highest BCUT2D eigenvalue weighted by Crippen LogP contribution is 2.17. The summed E-state index contributed by atoms with van der Waals surface area (Å²) in [6.07, 6.45) is 2.98. The maximum atomic E-state index is 12.1. The molecule has 6 heteroatoms. The van der Waals surface area contributed by atoms with Gasteiger partial charge in [0, 0.05) is 18.6 Å². The molecular formula is C12H25N3O2S. The summed E-state index contributed by atoms with van der Waals surface area (Å²) in [6.45, 7) is 5.01. The van der Waals surface area contributed by atoms with Gasteiger partial charge in [-0.15, -0.1) is 0 Å². The molecule has 0 amide bonds. The van der Waals surface area contributed by atoms with Gasteiger partial charge in [-0.3, -0.25) is 0 Å². The molecule has 0 aromatic rings. The van der Waals surface area contributed by atoms with E-state index in [4.69, 9.17) is 0 Å². The molecule has 2 aliphatic heterocycles. The van der Waals surface area contributed by atoms with Crippen molar-refractivity contribution in [2.45, 2.75) is 38.3 Å². The summed E-state index contributed by atoms with van der Waals surface area (Å²) >= 11 is 0. The molecule has 0 spiro atoms. The average Bonchev–Trinajstić information content (AvgIpc) is 2.74. The maximum Gasteiger partial charge on any atom is 0.213 e. The fourth-order valence-corrected chi connectivity index (χ4v) is 4.69. The number of hydrogen-bond donors (Lipinski definition) is 2. The van der Waals surface area contributed by atoms with Crippen molar-refractivity contribution in [2.75, 3.05) is 32.4 Å². The molecule has 0 aromatic heterocycles.